The molecule has 1 aliphatic rings. The van der Waals surface area contributed by atoms with Crippen molar-refractivity contribution in [1.29, 1.82) is 0 Å². The molecule has 1 aromatic rings. The van der Waals surface area contributed by atoms with Crippen LogP contribution in [-0.2, 0) is 14.8 Å². The Balaban J connectivity index is 0. The van der Waals surface area contributed by atoms with Crippen LogP contribution >= 0.6 is 0 Å². The molecule has 25 heavy (non-hydrogen) atoms. The average molecular weight is 374 g/mol. The van der Waals surface area contributed by atoms with E-state index in [9.17, 15) is 18.0 Å². The zero-order valence-corrected chi connectivity index (χ0v) is 15.7. The number of rotatable bonds is 5. The van der Waals surface area contributed by atoms with E-state index in [1.54, 1.807) is 0 Å². The molecular weight excluding hydrogens is 342 g/mol. The van der Waals surface area contributed by atoms with Crippen LogP contribution in [0.4, 0.5) is 10.5 Å². The van der Waals surface area contributed by atoms with Crippen molar-refractivity contribution in [3.63, 3.8) is 0 Å². The first-order valence-corrected chi connectivity index (χ1v) is 9.88. The highest BCUT2D eigenvalue weighted by molar-refractivity contribution is 7.90. The first kappa shape index (κ1) is 19.2. The molecule has 7 nitrogen and oxygen atoms in total. The van der Waals surface area contributed by atoms with Gasteiger partial charge in [-0.15, -0.1) is 0 Å². The Morgan fingerprint density at radius 2 is 1.76 bits per heavy atom. The van der Waals surface area contributed by atoms with E-state index in [0.29, 0.717) is 5.69 Å². The summed E-state index contributed by atoms with van der Waals surface area (Å²) in [5.74, 6) is 0.00699. The second kappa shape index (κ2) is 7.43. The van der Waals surface area contributed by atoms with Crippen LogP contribution in [0.2, 0.25) is 0 Å². The van der Waals surface area contributed by atoms with Gasteiger partial charge in [-0.2, -0.15) is 0 Å². The lowest BCUT2D eigenvalue weighted by Crippen LogP contribution is -2.41. The van der Waals surface area contributed by atoms with E-state index in [-0.39, 0.29) is 35.0 Å². The third kappa shape index (κ3) is 4.50. The number of carbonyl (C=O) groups is 2. The van der Waals surface area contributed by atoms with Crippen molar-refractivity contribution in [3.8, 4) is 0 Å². The summed E-state index contributed by atoms with van der Waals surface area (Å²) >= 11 is 0. The molecule has 144 valence electrons. The van der Waals surface area contributed by atoms with Crippen LogP contribution in [0.5, 0.6) is 0 Å². The average Bonchev–Trinajstić information content (AvgIpc) is 2.93. The van der Waals surface area contributed by atoms with Crippen molar-refractivity contribution in [2.24, 2.45) is 0 Å². The Hall–Kier alpha value is -2.09. The van der Waals surface area contributed by atoms with Gasteiger partial charge in [-0.25, -0.2) is 17.9 Å². The highest BCUT2D eigenvalue weighted by Crippen LogP contribution is 2.32. The van der Waals surface area contributed by atoms with Crippen molar-refractivity contribution < 1.29 is 22.3 Å². The van der Waals surface area contributed by atoms with Crippen LogP contribution in [0.15, 0.2) is 18.2 Å². The van der Waals surface area contributed by atoms with Crippen LogP contribution in [0, 0.1) is 0 Å². The second-order valence-electron chi connectivity index (χ2n) is 6.85. The van der Waals surface area contributed by atoms with Gasteiger partial charge in [0.15, 0.2) is 0 Å². The number of sulfonamides is 1. The van der Waals surface area contributed by atoms with Crippen LogP contribution in [0.1, 0.15) is 61.4 Å². The minimum absolute atomic E-state index is 0. The van der Waals surface area contributed by atoms with Crippen molar-refractivity contribution in [3.05, 3.63) is 29.3 Å². The fourth-order valence-corrected chi connectivity index (χ4v) is 3.99. The Morgan fingerprint density at radius 1 is 1.20 bits per heavy atom. The number of hydrogen-bond acceptors (Lipinski definition) is 4. The number of hydrogen-bond donors (Lipinski definition) is 3. The highest BCUT2D eigenvalue weighted by atomic mass is 32.2. The Labute approximate surface area is 153 Å². The Kier molecular flexibility index (Phi) is 5.72. The molecule has 1 aliphatic heterocycles. The molecule has 1 fully saturated rings. The SMILES string of the molecule is CC(C)c1cccc(C(C)C)c1NC(=O)NS(=O)(=O)C1CNC(=O)C1.[HH].[HH].[HH]. The minimum Gasteiger partial charge on any atom is -0.355 e. The lowest BCUT2D eigenvalue weighted by atomic mass is 9.93. The minimum atomic E-state index is -3.92. The maximum atomic E-state index is 12.3. The van der Waals surface area contributed by atoms with Crippen LogP contribution in [0.3, 0.4) is 0 Å². The van der Waals surface area contributed by atoms with Gasteiger partial charge in [0.25, 0.3) is 0 Å². The summed E-state index contributed by atoms with van der Waals surface area (Å²) in [7, 11) is -3.92. The summed E-state index contributed by atoms with van der Waals surface area (Å²) in [6.07, 6.45) is -0.136. The van der Waals surface area contributed by atoms with E-state index in [4.69, 9.17) is 0 Å². The zero-order valence-electron chi connectivity index (χ0n) is 14.9. The molecule has 1 aromatic carbocycles. The van der Waals surface area contributed by atoms with Gasteiger partial charge in [-0.3, -0.25) is 4.79 Å². The number of benzene rings is 1. The molecule has 0 aromatic heterocycles. The number of nitrogens with one attached hydrogen (secondary N) is 3. The molecule has 1 unspecified atom stereocenters. The predicted octanol–water partition coefficient (Wildman–Crippen LogP) is 3.01. The molecule has 3 N–H and O–H groups in total. The van der Waals surface area contributed by atoms with Crippen LogP contribution < -0.4 is 15.4 Å². The van der Waals surface area contributed by atoms with E-state index in [2.05, 4.69) is 10.6 Å². The number of amides is 3. The summed E-state index contributed by atoms with van der Waals surface area (Å²) in [6.45, 7) is 8.05. The van der Waals surface area contributed by atoms with Crippen LogP contribution in [-0.4, -0.2) is 32.2 Å². The predicted molar refractivity (Wildman–Crippen MR) is 103 cm³/mol. The summed E-state index contributed by atoms with van der Waals surface area (Å²) in [5.41, 5.74) is 2.52. The van der Waals surface area contributed by atoms with Gasteiger partial charge >= 0.3 is 6.03 Å². The van der Waals surface area contributed by atoms with E-state index >= 15 is 0 Å². The molecule has 2 rings (SSSR count). The first-order valence-electron chi connectivity index (χ1n) is 8.34. The topological polar surface area (TPSA) is 104 Å². The molecule has 0 radical (unpaired) electrons. The smallest absolute Gasteiger partial charge is 0.332 e. The number of urea groups is 1. The standard InChI is InChI=1S/C17H25N3O4S.3H2/c1-10(2)13-6-5-7-14(11(3)4)16(13)19-17(22)20-25(23,24)12-8-15(21)18-9-12;;;/h5-7,10-12H,8-9H2,1-4H3,(H,18,21)(H2,19,20,22);3*1H. The van der Waals surface area contributed by atoms with Gasteiger partial charge < -0.3 is 10.6 Å². The normalized spacial score (nSPS) is 17.7. The molecule has 3 amide bonds. The molecule has 0 bridgehead atoms. The number of anilines is 1. The second-order valence-corrected chi connectivity index (χ2v) is 8.81. The molecule has 8 heteroatoms. The Bertz CT molecular complexity index is 760. The number of carbonyl (C=O) groups excluding carboxylic acids is 2. The number of para-hydroxylation sites is 1. The lowest BCUT2D eigenvalue weighted by Gasteiger charge is -2.20. The summed E-state index contributed by atoms with van der Waals surface area (Å²) in [4.78, 5) is 23.5. The van der Waals surface area contributed by atoms with Gasteiger partial charge in [-0.1, -0.05) is 45.9 Å². The van der Waals surface area contributed by atoms with Crippen molar-refractivity contribution >= 4 is 27.6 Å². The summed E-state index contributed by atoms with van der Waals surface area (Å²) < 4.78 is 26.5. The molecule has 1 heterocycles. The lowest BCUT2D eigenvalue weighted by molar-refractivity contribution is -0.119. The van der Waals surface area contributed by atoms with Crippen molar-refractivity contribution in [2.45, 2.75) is 51.2 Å². The Morgan fingerprint density at radius 3 is 2.20 bits per heavy atom. The maximum absolute atomic E-state index is 12.3. The third-order valence-electron chi connectivity index (χ3n) is 4.23. The highest BCUT2D eigenvalue weighted by Gasteiger charge is 2.34. The fourth-order valence-electron chi connectivity index (χ4n) is 2.85. The third-order valence-corrected chi connectivity index (χ3v) is 5.91. The molecular formula is C17H31N3O4S. The quantitative estimate of drug-likeness (QED) is 0.738. The van der Waals surface area contributed by atoms with Gasteiger partial charge in [0, 0.05) is 22.9 Å². The largest absolute Gasteiger partial charge is 0.355 e. The van der Waals surface area contributed by atoms with E-state index in [1.807, 2.05) is 50.6 Å². The molecule has 0 aliphatic carbocycles. The van der Waals surface area contributed by atoms with Gasteiger partial charge in [0.2, 0.25) is 15.9 Å². The summed E-state index contributed by atoms with van der Waals surface area (Å²) in [5, 5.41) is 4.22. The molecule has 1 atom stereocenters. The maximum Gasteiger partial charge on any atom is 0.332 e. The van der Waals surface area contributed by atoms with E-state index in [0.717, 1.165) is 11.1 Å². The molecule has 1 saturated heterocycles. The van der Waals surface area contributed by atoms with E-state index in [1.165, 1.54) is 0 Å². The molecule has 0 saturated carbocycles. The van der Waals surface area contributed by atoms with Gasteiger partial charge in [-0.05, 0) is 23.0 Å². The molecule has 0 spiro atoms. The zero-order chi connectivity index (χ0) is 18.8. The van der Waals surface area contributed by atoms with Crippen LogP contribution in [0.25, 0.3) is 0 Å². The summed E-state index contributed by atoms with van der Waals surface area (Å²) in [6, 6.07) is 4.95. The monoisotopic (exact) mass is 373 g/mol. The van der Waals surface area contributed by atoms with E-state index < -0.39 is 21.3 Å². The fraction of sp³-hybridized carbons (Fsp3) is 0.529. The first-order chi connectivity index (χ1) is 11.6. The van der Waals surface area contributed by atoms with Crippen molar-refractivity contribution in [2.75, 3.05) is 11.9 Å². The van der Waals surface area contributed by atoms with Crippen molar-refractivity contribution in [1.82, 2.24) is 10.0 Å². The van der Waals surface area contributed by atoms with Gasteiger partial charge in [0.05, 0.1) is 0 Å². The van der Waals surface area contributed by atoms with Gasteiger partial charge in [0.1, 0.15) is 5.25 Å².